The highest BCUT2D eigenvalue weighted by Crippen LogP contribution is 2.28. The third kappa shape index (κ3) is 7.77. The fourth-order valence-electron chi connectivity index (χ4n) is 2.17. The minimum absolute atomic E-state index is 0.0409. The number of hydrogen-bond acceptors (Lipinski definition) is 2. The molecule has 0 spiro atoms. The van der Waals surface area contributed by atoms with Crippen molar-refractivity contribution in [3.63, 3.8) is 0 Å². The van der Waals surface area contributed by atoms with Crippen LogP contribution in [0.4, 0.5) is 0 Å². The Morgan fingerprint density at radius 2 is 1.35 bits per heavy atom. The molecule has 0 N–H and O–H groups in total. The zero-order valence-electron chi connectivity index (χ0n) is 12.4. The Morgan fingerprint density at radius 3 is 1.88 bits per heavy atom. The van der Waals surface area contributed by atoms with Gasteiger partial charge in [-0.2, -0.15) is 0 Å². The van der Waals surface area contributed by atoms with Gasteiger partial charge in [-0.25, -0.2) is 9.78 Å². The summed E-state index contributed by atoms with van der Waals surface area (Å²) in [6, 6.07) is 0. The zero-order chi connectivity index (χ0) is 13.0. The Balaban J connectivity index is 3.75. The van der Waals surface area contributed by atoms with Crippen LogP contribution < -0.4 is 0 Å². The van der Waals surface area contributed by atoms with Gasteiger partial charge in [-0.1, -0.05) is 59.3 Å². The Labute approximate surface area is 108 Å². The molecule has 0 rings (SSSR count). The van der Waals surface area contributed by atoms with E-state index in [1.54, 1.807) is 0 Å². The smallest absolute Gasteiger partial charge is 0.103 e. The maximum absolute atomic E-state index is 5.60. The molecule has 0 radical (unpaired) electrons. The molecule has 2 nitrogen and oxygen atoms in total. The molecule has 0 aromatic rings. The summed E-state index contributed by atoms with van der Waals surface area (Å²) in [6.07, 6.45) is 11.3. The first-order valence-corrected chi connectivity index (χ1v) is 7.55. The molecular weight excluding hydrogens is 212 g/mol. The molecule has 0 heterocycles. The van der Waals surface area contributed by atoms with Crippen LogP contribution in [0.1, 0.15) is 85.5 Å². The molecule has 0 atom stereocenters. The highest BCUT2D eigenvalue weighted by molar-refractivity contribution is 4.76. The molecule has 0 saturated heterocycles. The van der Waals surface area contributed by atoms with Crippen molar-refractivity contribution < 1.29 is 9.78 Å². The van der Waals surface area contributed by atoms with Gasteiger partial charge in [-0.05, 0) is 26.2 Å². The van der Waals surface area contributed by atoms with Crippen LogP contribution in [0, 0.1) is 0 Å². The number of hydrogen-bond donors (Lipinski definition) is 0. The average molecular weight is 244 g/mol. The normalized spacial score (nSPS) is 12.0. The Bertz CT molecular complexity index is 153. The summed E-state index contributed by atoms with van der Waals surface area (Å²) in [5.41, 5.74) is -0.0409. The third-order valence-corrected chi connectivity index (χ3v) is 3.63. The van der Waals surface area contributed by atoms with Crippen molar-refractivity contribution in [2.24, 2.45) is 0 Å². The molecule has 0 aromatic carbocycles. The lowest BCUT2D eigenvalue weighted by Crippen LogP contribution is -2.31. The quantitative estimate of drug-likeness (QED) is 0.265. The lowest BCUT2D eigenvalue weighted by molar-refractivity contribution is -0.362. The largest absolute Gasteiger partial charge is 0.236 e. The van der Waals surface area contributed by atoms with Crippen LogP contribution in [0.5, 0.6) is 0 Å². The first-order valence-electron chi connectivity index (χ1n) is 7.55. The van der Waals surface area contributed by atoms with Crippen LogP contribution in [-0.4, -0.2) is 12.2 Å². The lowest BCUT2D eigenvalue weighted by atomic mass is 9.90. The second kappa shape index (κ2) is 11.0. The highest BCUT2D eigenvalue weighted by atomic mass is 17.2. The molecule has 0 aromatic heterocycles. The summed E-state index contributed by atoms with van der Waals surface area (Å²) in [4.78, 5) is 10.8. The number of unbranched alkanes of at least 4 members (excludes halogenated alkanes) is 5. The van der Waals surface area contributed by atoms with E-state index in [4.69, 9.17) is 9.78 Å². The van der Waals surface area contributed by atoms with E-state index in [2.05, 4.69) is 20.8 Å². The van der Waals surface area contributed by atoms with Gasteiger partial charge in [0.2, 0.25) is 0 Å². The van der Waals surface area contributed by atoms with Crippen molar-refractivity contribution in [1.29, 1.82) is 0 Å². The second-order valence-corrected chi connectivity index (χ2v) is 4.90. The van der Waals surface area contributed by atoms with E-state index >= 15 is 0 Å². The van der Waals surface area contributed by atoms with Gasteiger partial charge in [0, 0.05) is 0 Å². The van der Waals surface area contributed by atoms with Crippen LogP contribution in [-0.2, 0) is 9.78 Å². The van der Waals surface area contributed by atoms with E-state index in [1.807, 2.05) is 6.92 Å². The standard InChI is InChI=1S/C15H32O2/c1-5-9-10-11-12-13-14-15(6-2,7-3)17-16-8-4/h5-14H2,1-4H3. The molecule has 0 aliphatic heterocycles. The van der Waals surface area contributed by atoms with Gasteiger partial charge in [0.25, 0.3) is 0 Å². The van der Waals surface area contributed by atoms with Crippen molar-refractivity contribution in [2.45, 2.75) is 91.1 Å². The molecule has 0 bridgehead atoms. The topological polar surface area (TPSA) is 18.5 Å². The van der Waals surface area contributed by atoms with Gasteiger partial charge in [0.15, 0.2) is 0 Å². The molecule has 0 saturated carbocycles. The highest BCUT2D eigenvalue weighted by Gasteiger charge is 2.27. The van der Waals surface area contributed by atoms with Gasteiger partial charge in [0.05, 0.1) is 6.61 Å². The van der Waals surface area contributed by atoms with Gasteiger partial charge >= 0.3 is 0 Å². The molecular formula is C15H32O2. The van der Waals surface area contributed by atoms with Gasteiger partial charge in [0.1, 0.15) is 5.60 Å². The summed E-state index contributed by atoms with van der Waals surface area (Å²) >= 11 is 0. The Hall–Kier alpha value is -0.0800. The first kappa shape index (κ1) is 16.9. The summed E-state index contributed by atoms with van der Waals surface area (Å²) in [6.45, 7) is 9.26. The minimum atomic E-state index is -0.0409. The van der Waals surface area contributed by atoms with Crippen LogP contribution >= 0.6 is 0 Å². The predicted molar refractivity (Wildman–Crippen MR) is 74.0 cm³/mol. The van der Waals surface area contributed by atoms with Gasteiger partial charge < -0.3 is 0 Å². The molecule has 0 fully saturated rings. The van der Waals surface area contributed by atoms with Crippen LogP contribution in [0.2, 0.25) is 0 Å². The molecule has 0 aliphatic rings. The van der Waals surface area contributed by atoms with Crippen molar-refractivity contribution in [3.8, 4) is 0 Å². The summed E-state index contributed by atoms with van der Waals surface area (Å²) in [5.74, 6) is 0. The summed E-state index contributed by atoms with van der Waals surface area (Å²) in [5, 5.41) is 0. The van der Waals surface area contributed by atoms with Crippen molar-refractivity contribution in [1.82, 2.24) is 0 Å². The molecule has 2 heteroatoms. The second-order valence-electron chi connectivity index (χ2n) is 4.90. The average Bonchev–Trinajstić information content (AvgIpc) is 2.38. The van der Waals surface area contributed by atoms with E-state index in [0.29, 0.717) is 6.61 Å². The van der Waals surface area contributed by atoms with Crippen molar-refractivity contribution in [2.75, 3.05) is 6.61 Å². The Morgan fingerprint density at radius 1 is 0.765 bits per heavy atom. The predicted octanol–water partition coefficient (Wildman–Crippen LogP) is 5.26. The van der Waals surface area contributed by atoms with Crippen LogP contribution in [0.3, 0.4) is 0 Å². The zero-order valence-corrected chi connectivity index (χ0v) is 12.4. The van der Waals surface area contributed by atoms with Crippen molar-refractivity contribution in [3.05, 3.63) is 0 Å². The summed E-state index contributed by atoms with van der Waals surface area (Å²) in [7, 11) is 0. The van der Waals surface area contributed by atoms with Gasteiger partial charge in [-0.15, -0.1) is 0 Å². The van der Waals surface area contributed by atoms with Crippen molar-refractivity contribution >= 4 is 0 Å². The van der Waals surface area contributed by atoms with Gasteiger partial charge in [-0.3, -0.25) is 0 Å². The van der Waals surface area contributed by atoms with Crippen LogP contribution in [0.15, 0.2) is 0 Å². The van der Waals surface area contributed by atoms with E-state index in [0.717, 1.165) is 19.3 Å². The minimum Gasteiger partial charge on any atom is -0.236 e. The molecule has 0 unspecified atom stereocenters. The lowest BCUT2D eigenvalue weighted by Gasteiger charge is -2.30. The SMILES string of the molecule is CCCCCCCCC(CC)(CC)OOCC. The Kier molecular flexibility index (Phi) is 11.0. The molecule has 17 heavy (non-hydrogen) atoms. The van der Waals surface area contributed by atoms with Crippen LogP contribution in [0.25, 0.3) is 0 Å². The van der Waals surface area contributed by atoms with E-state index in [-0.39, 0.29) is 5.60 Å². The van der Waals surface area contributed by atoms with E-state index < -0.39 is 0 Å². The maximum atomic E-state index is 5.60. The monoisotopic (exact) mass is 244 g/mol. The maximum Gasteiger partial charge on any atom is 0.103 e. The number of rotatable bonds is 12. The van der Waals surface area contributed by atoms with E-state index in [1.165, 1.54) is 38.5 Å². The third-order valence-electron chi connectivity index (χ3n) is 3.63. The first-order chi connectivity index (χ1) is 8.24. The molecule has 0 aliphatic carbocycles. The fraction of sp³-hybridized carbons (Fsp3) is 1.00. The molecule has 104 valence electrons. The fourth-order valence-corrected chi connectivity index (χ4v) is 2.17. The molecule has 0 amide bonds. The van der Waals surface area contributed by atoms with E-state index in [9.17, 15) is 0 Å². The summed E-state index contributed by atoms with van der Waals surface area (Å²) < 4.78 is 0.